The Morgan fingerprint density at radius 3 is 3.07 bits per heavy atom. The van der Waals surface area contributed by atoms with Gasteiger partial charge in [-0.05, 0) is 25.7 Å². The van der Waals surface area contributed by atoms with Crippen LogP contribution in [0.25, 0.3) is 0 Å². The van der Waals surface area contributed by atoms with Crippen LogP contribution in [-0.2, 0) is 9.47 Å². The molecule has 0 saturated carbocycles. The van der Waals surface area contributed by atoms with Gasteiger partial charge in [0.25, 0.3) is 0 Å². The normalized spacial score (nSPS) is 23.7. The van der Waals surface area contributed by atoms with Crippen molar-refractivity contribution < 1.29 is 14.6 Å². The lowest BCUT2D eigenvalue weighted by Crippen LogP contribution is -2.22. The molecule has 2 unspecified atom stereocenters. The van der Waals surface area contributed by atoms with E-state index in [0.29, 0.717) is 13.0 Å². The maximum absolute atomic E-state index is 9.13. The van der Waals surface area contributed by atoms with Gasteiger partial charge in [0, 0.05) is 6.61 Å². The predicted molar refractivity (Wildman–Crippen MR) is 53.6 cm³/mol. The lowest BCUT2D eigenvalue weighted by atomic mass is 10.2. The fraction of sp³-hybridized carbons (Fsp3) is 0.818. The summed E-state index contributed by atoms with van der Waals surface area (Å²) in [5, 5.41) is 9.13. The zero-order chi connectivity index (χ0) is 10.2. The maximum Gasteiger partial charge on any atom is 0.158 e. The number of hydrogen-bond donors (Lipinski definition) is 1. The average Bonchev–Trinajstić information content (AvgIpc) is 2.25. The van der Waals surface area contributed by atoms with Crippen molar-refractivity contribution in [3.05, 3.63) is 0 Å². The Balaban J connectivity index is 2.09. The zero-order valence-corrected chi connectivity index (χ0v) is 8.66. The van der Waals surface area contributed by atoms with E-state index in [2.05, 4.69) is 11.8 Å². The van der Waals surface area contributed by atoms with Gasteiger partial charge in [-0.25, -0.2) is 0 Å². The molecule has 0 spiro atoms. The number of rotatable bonds is 3. The van der Waals surface area contributed by atoms with E-state index in [-0.39, 0.29) is 6.29 Å². The monoisotopic (exact) mass is 198 g/mol. The lowest BCUT2D eigenvalue weighted by Gasteiger charge is -2.21. The molecule has 14 heavy (non-hydrogen) atoms. The second-order valence-corrected chi connectivity index (χ2v) is 3.35. The lowest BCUT2D eigenvalue weighted by molar-refractivity contribution is -0.154. The highest BCUT2D eigenvalue weighted by Crippen LogP contribution is 2.12. The Morgan fingerprint density at radius 1 is 1.57 bits per heavy atom. The Hall–Kier alpha value is -0.560. The molecule has 0 aromatic carbocycles. The van der Waals surface area contributed by atoms with Gasteiger partial charge in [0.1, 0.15) is 12.7 Å². The van der Waals surface area contributed by atoms with E-state index >= 15 is 0 Å². The van der Waals surface area contributed by atoms with Gasteiger partial charge in [-0.15, -0.1) is 0 Å². The minimum Gasteiger partial charge on any atom is -0.380 e. The van der Waals surface area contributed by atoms with Crippen LogP contribution >= 0.6 is 0 Å². The van der Waals surface area contributed by atoms with Crippen LogP contribution in [0, 0.1) is 11.8 Å². The highest BCUT2D eigenvalue weighted by molar-refractivity contribution is 5.04. The van der Waals surface area contributed by atoms with Crippen LogP contribution in [0.4, 0.5) is 0 Å². The highest BCUT2D eigenvalue weighted by atomic mass is 16.7. The second-order valence-electron chi connectivity index (χ2n) is 3.35. The molecular formula is C11H18O3. The molecule has 2 atom stereocenters. The van der Waals surface area contributed by atoms with E-state index in [4.69, 9.17) is 14.6 Å². The number of hydrogen-bond acceptors (Lipinski definition) is 3. The molecule has 1 heterocycles. The third kappa shape index (κ3) is 4.61. The fourth-order valence-electron chi connectivity index (χ4n) is 1.24. The van der Waals surface area contributed by atoms with E-state index in [0.717, 1.165) is 25.9 Å². The predicted octanol–water partition coefficient (Wildman–Crippen LogP) is 1.30. The van der Waals surface area contributed by atoms with Gasteiger partial charge in [-0.2, -0.15) is 0 Å². The van der Waals surface area contributed by atoms with Crippen molar-refractivity contribution in [2.24, 2.45) is 0 Å². The zero-order valence-electron chi connectivity index (χ0n) is 8.66. The fourth-order valence-corrected chi connectivity index (χ4v) is 1.24. The minimum atomic E-state index is -0.522. The molecule has 1 saturated heterocycles. The number of aliphatic hydroxyl groups excluding tert-OH is 1. The largest absolute Gasteiger partial charge is 0.380 e. The first-order valence-electron chi connectivity index (χ1n) is 5.22. The summed E-state index contributed by atoms with van der Waals surface area (Å²) in [5.41, 5.74) is 0. The molecule has 1 rings (SSSR count). The molecule has 1 aliphatic heterocycles. The number of aliphatic hydroxyl groups is 1. The summed E-state index contributed by atoms with van der Waals surface area (Å²) in [6.45, 7) is 3.03. The van der Waals surface area contributed by atoms with E-state index in [1.54, 1.807) is 0 Å². The van der Waals surface area contributed by atoms with Crippen LogP contribution in [0.5, 0.6) is 0 Å². The van der Waals surface area contributed by atoms with Crippen molar-refractivity contribution in [1.82, 2.24) is 0 Å². The molecule has 3 heteroatoms. The quantitative estimate of drug-likeness (QED) is 0.695. The third-order valence-electron chi connectivity index (χ3n) is 2.13. The van der Waals surface area contributed by atoms with Crippen molar-refractivity contribution in [2.45, 2.75) is 45.0 Å². The van der Waals surface area contributed by atoms with Crippen molar-refractivity contribution in [1.29, 1.82) is 0 Å². The van der Waals surface area contributed by atoms with Crippen LogP contribution in [-0.4, -0.2) is 30.7 Å². The smallest absolute Gasteiger partial charge is 0.158 e. The van der Waals surface area contributed by atoms with Gasteiger partial charge in [0.15, 0.2) is 6.29 Å². The Labute approximate surface area is 85.4 Å². The molecule has 0 radical (unpaired) electrons. The summed E-state index contributed by atoms with van der Waals surface area (Å²) in [4.78, 5) is 0. The summed E-state index contributed by atoms with van der Waals surface area (Å²) in [6.07, 6.45) is 3.29. The summed E-state index contributed by atoms with van der Waals surface area (Å²) in [6, 6.07) is 0. The van der Waals surface area contributed by atoms with E-state index in [1.807, 2.05) is 6.92 Å². The molecule has 1 N–H and O–H groups in total. The minimum absolute atomic E-state index is 0.0863. The second kappa shape index (κ2) is 6.83. The topological polar surface area (TPSA) is 38.7 Å². The Bertz CT molecular complexity index is 198. The first-order valence-corrected chi connectivity index (χ1v) is 5.22. The highest BCUT2D eigenvalue weighted by Gasteiger charge is 2.12. The van der Waals surface area contributed by atoms with Gasteiger partial charge in [0.2, 0.25) is 0 Å². The van der Waals surface area contributed by atoms with Gasteiger partial charge in [0.05, 0.1) is 0 Å². The third-order valence-corrected chi connectivity index (χ3v) is 2.13. The average molecular weight is 198 g/mol. The van der Waals surface area contributed by atoms with Crippen LogP contribution < -0.4 is 0 Å². The molecule has 1 fully saturated rings. The van der Waals surface area contributed by atoms with Crippen molar-refractivity contribution in [2.75, 3.05) is 13.2 Å². The SMILES string of the molecule is CCC(O)C#CCOC1CCCCO1. The van der Waals surface area contributed by atoms with Crippen LogP contribution in [0.1, 0.15) is 32.6 Å². The van der Waals surface area contributed by atoms with Gasteiger partial charge < -0.3 is 14.6 Å². The summed E-state index contributed by atoms with van der Waals surface area (Å²) < 4.78 is 10.7. The number of ether oxygens (including phenoxy) is 2. The van der Waals surface area contributed by atoms with Crippen molar-refractivity contribution in [3.8, 4) is 11.8 Å². The molecular weight excluding hydrogens is 180 g/mol. The first-order chi connectivity index (χ1) is 6.83. The summed E-state index contributed by atoms with van der Waals surface area (Å²) in [7, 11) is 0. The molecule has 80 valence electrons. The van der Waals surface area contributed by atoms with Crippen molar-refractivity contribution >= 4 is 0 Å². The molecule has 3 nitrogen and oxygen atoms in total. The van der Waals surface area contributed by atoms with Crippen molar-refractivity contribution in [3.63, 3.8) is 0 Å². The van der Waals surface area contributed by atoms with Crippen LogP contribution in [0.2, 0.25) is 0 Å². The molecule has 1 aliphatic rings. The summed E-state index contributed by atoms with van der Waals surface area (Å²) >= 11 is 0. The Morgan fingerprint density at radius 2 is 2.43 bits per heavy atom. The van der Waals surface area contributed by atoms with Gasteiger partial charge in [-0.3, -0.25) is 0 Å². The van der Waals surface area contributed by atoms with E-state index in [1.165, 1.54) is 0 Å². The molecule has 0 bridgehead atoms. The standard InChI is InChI=1S/C11H18O3/c1-2-10(12)6-5-9-14-11-7-3-4-8-13-11/h10-12H,2-4,7-9H2,1H3. The molecule has 0 aromatic heterocycles. The van der Waals surface area contributed by atoms with Gasteiger partial charge >= 0.3 is 0 Å². The molecule has 0 aromatic rings. The Kier molecular flexibility index (Phi) is 5.62. The molecule has 0 aliphatic carbocycles. The first kappa shape index (κ1) is 11.5. The summed E-state index contributed by atoms with van der Waals surface area (Å²) in [5.74, 6) is 5.48. The maximum atomic E-state index is 9.13. The van der Waals surface area contributed by atoms with Crippen LogP contribution in [0.15, 0.2) is 0 Å². The van der Waals surface area contributed by atoms with Crippen LogP contribution in [0.3, 0.4) is 0 Å². The molecule has 0 amide bonds. The van der Waals surface area contributed by atoms with E-state index in [9.17, 15) is 0 Å². The van der Waals surface area contributed by atoms with Gasteiger partial charge in [-0.1, -0.05) is 18.8 Å². The van der Waals surface area contributed by atoms with E-state index < -0.39 is 6.10 Å².